The summed E-state index contributed by atoms with van der Waals surface area (Å²) < 4.78 is 41.8. The van der Waals surface area contributed by atoms with Crippen LogP contribution in [-0.2, 0) is 17.3 Å². The number of aryl methyl sites for hydroxylation is 1. The first-order valence-corrected chi connectivity index (χ1v) is 5.69. The quantitative estimate of drug-likeness (QED) is 0.688. The molecule has 0 aromatic heterocycles. The largest absolute Gasteiger partial charge is 0.416 e. The van der Waals surface area contributed by atoms with Crippen LogP contribution in [0.4, 0.5) is 13.2 Å². The van der Waals surface area contributed by atoms with Gasteiger partial charge >= 0.3 is 6.18 Å². The lowest BCUT2D eigenvalue weighted by Gasteiger charge is -2.07. The van der Waals surface area contributed by atoms with Gasteiger partial charge in [-0.25, -0.2) is 0 Å². The van der Waals surface area contributed by atoms with Crippen LogP contribution in [0.1, 0.15) is 30.4 Å². The molecule has 0 heterocycles. The van der Waals surface area contributed by atoms with E-state index in [0.29, 0.717) is 0 Å². The van der Waals surface area contributed by atoms with Gasteiger partial charge in [0, 0.05) is 13.7 Å². The minimum Gasteiger partial charge on any atom is -0.385 e. The van der Waals surface area contributed by atoms with E-state index in [1.165, 1.54) is 0 Å². The van der Waals surface area contributed by atoms with Crippen molar-refractivity contribution in [3.05, 3.63) is 35.4 Å². The molecule has 0 unspecified atom stereocenters. The maximum atomic E-state index is 12.3. The van der Waals surface area contributed by atoms with Crippen LogP contribution in [0.25, 0.3) is 0 Å². The van der Waals surface area contributed by atoms with E-state index in [0.717, 1.165) is 50.0 Å². The summed E-state index contributed by atoms with van der Waals surface area (Å²) >= 11 is 0. The normalized spacial score (nSPS) is 11.8. The van der Waals surface area contributed by atoms with Crippen LogP contribution in [0.15, 0.2) is 24.3 Å². The van der Waals surface area contributed by atoms with E-state index < -0.39 is 11.7 Å². The van der Waals surface area contributed by atoms with Crippen LogP contribution in [0.2, 0.25) is 0 Å². The number of benzene rings is 1. The van der Waals surface area contributed by atoms with Gasteiger partial charge in [-0.3, -0.25) is 0 Å². The Morgan fingerprint density at radius 1 is 1.00 bits per heavy atom. The molecule has 0 radical (unpaired) electrons. The fourth-order valence-electron chi connectivity index (χ4n) is 1.61. The first-order chi connectivity index (χ1) is 8.04. The summed E-state index contributed by atoms with van der Waals surface area (Å²) in [6.07, 6.45) is -0.403. The van der Waals surface area contributed by atoms with Gasteiger partial charge in [-0.1, -0.05) is 18.6 Å². The second-order valence-corrected chi connectivity index (χ2v) is 4.00. The van der Waals surface area contributed by atoms with E-state index in [-0.39, 0.29) is 0 Å². The topological polar surface area (TPSA) is 9.23 Å². The lowest BCUT2D eigenvalue weighted by Crippen LogP contribution is -2.04. The molecule has 0 amide bonds. The van der Waals surface area contributed by atoms with Gasteiger partial charge in [-0.05, 0) is 37.0 Å². The van der Waals surface area contributed by atoms with Crippen molar-refractivity contribution < 1.29 is 17.9 Å². The van der Waals surface area contributed by atoms with Crippen molar-refractivity contribution in [3.8, 4) is 0 Å². The fourth-order valence-corrected chi connectivity index (χ4v) is 1.61. The van der Waals surface area contributed by atoms with E-state index in [1.807, 2.05) is 0 Å². The summed E-state index contributed by atoms with van der Waals surface area (Å²) in [6.45, 7) is 0.743. The molecule has 0 saturated heterocycles. The molecule has 1 aromatic carbocycles. The molecule has 1 nitrogen and oxygen atoms in total. The highest BCUT2D eigenvalue weighted by Crippen LogP contribution is 2.29. The molecule has 0 aliphatic carbocycles. The molecule has 0 saturated carbocycles. The van der Waals surface area contributed by atoms with Crippen LogP contribution in [-0.4, -0.2) is 13.7 Å². The third-order valence-electron chi connectivity index (χ3n) is 2.60. The van der Waals surface area contributed by atoms with Crippen molar-refractivity contribution in [1.29, 1.82) is 0 Å². The highest BCUT2D eigenvalue weighted by molar-refractivity contribution is 5.24. The van der Waals surface area contributed by atoms with Crippen molar-refractivity contribution >= 4 is 0 Å². The molecule has 0 aliphatic heterocycles. The molecular formula is C13H17F3O. The lowest BCUT2D eigenvalue weighted by molar-refractivity contribution is -0.137. The Morgan fingerprint density at radius 2 is 1.65 bits per heavy atom. The summed E-state index contributed by atoms with van der Waals surface area (Å²) in [6, 6.07) is 5.40. The summed E-state index contributed by atoms with van der Waals surface area (Å²) in [5, 5.41) is 0. The first kappa shape index (κ1) is 14.0. The van der Waals surface area contributed by atoms with E-state index in [9.17, 15) is 13.2 Å². The Kier molecular flexibility index (Phi) is 5.48. The Labute approximate surface area is 99.6 Å². The number of halogens is 3. The third-order valence-corrected chi connectivity index (χ3v) is 2.60. The molecule has 4 heteroatoms. The molecule has 0 spiro atoms. The van der Waals surface area contributed by atoms with E-state index in [1.54, 1.807) is 19.2 Å². The minimum atomic E-state index is -4.24. The molecule has 0 atom stereocenters. The average Bonchev–Trinajstić information content (AvgIpc) is 2.28. The highest BCUT2D eigenvalue weighted by Gasteiger charge is 2.29. The summed E-state index contributed by atoms with van der Waals surface area (Å²) in [4.78, 5) is 0. The van der Waals surface area contributed by atoms with Crippen molar-refractivity contribution in [3.63, 3.8) is 0 Å². The Bertz CT molecular complexity index is 316. The van der Waals surface area contributed by atoms with E-state index >= 15 is 0 Å². The van der Waals surface area contributed by atoms with Gasteiger partial charge in [-0.2, -0.15) is 13.2 Å². The van der Waals surface area contributed by atoms with Gasteiger partial charge in [0.2, 0.25) is 0 Å². The summed E-state index contributed by atoms with van der Waals surface area (Å²) in [7, 11) is 1.66. The van der Waals surface area contributed by atoms with Crippen LogP contribution in [0.3, 0.4) is 0 Å². The monoisotopic (exact) mass is 246 g/mol. The Morgan fingerprint density at radius 3 is 2.18 bits per heavy atom. The van der Waals surface area contributed by atoms with Gasteiger partial charge < -0.3 is 4.74 Å². The second-order valence-electron chi connectivity index (χ2n) is 4.00. The van der Waals surface area contributed by atoms with Crippen molar-refractivity contribution in [2.24, 2.45) is 0 Å². The number of ether oxygens (including phenoxy) is 1. The fraction of sp³-hybridized carbons (Fsp3) is 0.538. The lowest BCUT2D eigenvalue weighted by atomic mass is 10.1. The molecule has 17 heavy (non-hydrogen) atoms. The zero-order chi connectivity index (χ0) is 12.7. The van der Waals surface area contributed by atoms with Crippen molar-refractivity contribution in [2.75, 3.05) is 13.7 Å². The number of rotatable bonds is 6. The molecule has 1 rings (SSSR count). The molecule has 96 valence electrons. The average molecular weight is 246 g/mol. The molecule has 0 N–H and O–H groups in total. The summed E-state index contributed by atoms with van der Waals surface area (Å²) in [5.74, 6) is 0. The number of alkyl halides is 3. The Hall–Kier alpha value is -1.03. The molecule has 0 fully saturated rings. The number of hydrogen-bond donors (Lipinski definition) is 0. The predicted octanol–water partition coefficient (Wildman–Crippen LogP) is 4.06. The Balaban J connectivity index is 2.36. The highest BCUT2D eigenvalue weighted by atomic mass is 19.4. The van der Waals surface area contributed by atoms with Gasteiger partial charge in [0.05, 0.1) is 5.56 Å². The first-order valence-electron chi connectivity index (χ1n) is 5.69. The minimum absolute atomic E-state index is 0.583. The number of methoxy groups -OCH3 is 1. The maximum absolute atomic E-state index is 12.3. The molecule has 1 aromatic rings. The van der Waals surface area contributed by atoms with E-state index in [2.05, 4.69) is 0 Å². The van der Waals surface area contributed by atoms with Gasteiger partial charge in [0.1, 0.15) is 0 Å². The number of hydrogen-bond acceptors (Lipinski definition) is 1. The smallest absolute Gasteiger partial charge is 0.385 e. The number of unbranched alkanes of at least 4 members (excludes halogenated alkanes) is 2. The zero-order valence-corrected chi connectivity index (χ0v) is 9.89. The van der Waals surface area contributed by atoms with Crippen LogP contribution in [0, 0.1) is 0 Å². The van der Waals surface area contributed by atoms with Crippen LogP contribution >= 0.6 is 0 Å². The van der Waals surface area contributed by atoms with Gasteiger partial charge in [-0.15, -0.1) is 0 Å². The standard InChI is InChI=1S/C13H17F3O/c1-17-10-4-2-3-5-11-6-8-12(9-7-11)13(14,15)16/h6-9H,2-5,10H2,1H3. The molecule has 0 aliphatic rings. The zero-order valence-electron chi connectivity index (χ0n) is 9.89. The molecule has 0 bridgehead atoms. The second kappa shape index (κ2) is 6.64. The van der Waals surface area contributed by atoms with Crippen LogP contribution < -0.4 is 0 Å². The molecular weight excluding hydrogens is 229 g/mol. The van der Waals surface area contributed by atoms with Gasteiger partial charge in [0.25, 0.3) is 0 Å². The summed E-state index contributed by atoms with van der Waals surface area (Å²) in [5.41, 5.74) is 0.371. The van der Waals surface area contributed by atoms with Gasteiger partial charge in [0.15, 0.2) is 0 Å². The van der Waals surface area contributed by atoms with Crippen molar-refractivity contribution in [1.82, 2.24) is 0 Å². The van der Waals surface area contributed by atoms with Crippen molar-refractivity contribution in [2.45, 2.75) is 31.9 Å². The van der Waals surface area contributed by atoms with E-state index in [4.69, 9.17) is 4.74 Å². The third kappa shape index (κ3) is 5.22. The van der Waals surface area contributed by atoms with Crippen LogP contribution in [0.5, 0.6) is 0 Å². The SMILES string of the molecule is COCCCCCc1ccc(C(F)(F)F)cc1. The maximum Gasteiger partial charge on any atom is 0.416 e. The predicted molar refractivity (Wildman–Crippen MR) is 60.9 cm³/mol.